The van der Waals surface area contributed by atoms with Gasteiger partial charge in [-0.1, -0.05) is 6.92 Å². The summed E-state index contributed by atoms with van der Waals surface area (Å²) in [5, 5.41) is 0. The van der Waals surface area contributed by atoms with E-state index in [0.29, 0.717) is 0 Å². The Bertz CT molecular complexity index is 1030. The van der Waals surface area contributed by atoms with Crippen molar-refractivity contribution in [3.05, 3.63) is 11.8 Å². The Morgan fingerprint density at radius 3 is 2.03 bits per heavy atom. The molecule has 3 rings (SSSR count). The molecule has 1 saturated carbocycles. The summed E-state index contributed by atoms with van der Waals surface area (Å²) in [5.74, 6) is -5.62. The first kappa shape index (κ1) is 30.0. The molecule has 0 bridgehead atoms. The zero-order valence-electron chi connectivity index (χ0n) is 22.4. The van der Waals surface area contributed by atoms with Gasteiger partial charge >= 0.3 is 29.8 Å². The van der Waals surface area contributed by atoms with Gasteiger partial charge < -0.3 is 37.9 Å². The van der Waals surface area contributed by atoms with E-state index in [9.17, 15) is 28.8 Å². The minimum Gasteiger partial charge on any atom is -0.472 e. The number of hydrogen-bond donors (Lipinski definition) is 0. The molecule has 14 heteroatoms. The van der Waals surface area contributed by atoms with Gasteiger partial charge in [-0.25, -0.2) is 4.79 Å². The van der Waals surface area contributed by atoms with Crippen LogP contribution in [0.5, 0.6) is 0 Å². The molecule has 2 fully saturated rings. The number of carbonyl (C=O) groups excluding carboxylic acids is 6. The predicted molar refractivity (Wildman–Crippen MR) is 124 cm³/mol. The van der Waals surface area contributed by atoms with Crippen molar-refractivity contribution in [1.82, 2.24) is 0 Å². The fourth-order valence-electron chi connectivity index (χ4n) is 5.03. The van der Waals surface area contributed by atoms with E-state index < -0.39 is 91.2 Å². The van der Waals surface area contributed by atoms with Gasteiger partial charge in [0.15, 0.2) is 18.3 Å². The van der Waals surface area contributed by atoms with Crippen LogP contribution in [0.1, 0.15) is 41.0 Å². The number of ether oxygens (including phenoxy) is 8. The maximum atomic E-state index is 12.6. The van der Waals surface area contributed by atoms with Crippen LogP contribution in [0.25, 0.3) is 0 Å². The van der Waals surface area contributed by atoms with Crippen LogP contribution in [0.3, 0.4) is 0 Å². The molecule has 0 radical (unpaired) electrons. The van der Waals surface area contributed by atoms with Crippen LogP contribution in [0.15, 0.2) is 11.8 Å². The highest BCUT2D eigenvalue weighted by molar-refractivity contribution is 5.92. The quantitative estimate of drug-likeness (QED) is 0.295. The van der Waals surface area contributed by atoms with E-state index in [1.165, 1.54) is 7.11 Å². The molecular weight excluding hydrogens is 524 g/mol. The van der Waals surface area contributed by atoms with Crippen molar-refractivity contribution < 1.29 is 66.7 Å². The van der Waals surface area contributed by atoms with Gasteiger partial charge in [0.05, 0.1) is 18.9 Å². The van der Waals surface area contributed by atoms with Crippen molar-refractivity contribution >= 4 is 35.6 Å². The number of hydrogen-bond acceptors (Lipinski definition) is 14. The van der Waals surface area contributed by atoms with Crippen LogP contribution in [-0.4, -0.2) is 86.3 Å². The fourth-order valence-corrected chi connectivity index (χ4v) is 5.03. The largest absolute Gasteiger partial charge is 0.472 e. The lowest BCUT2D eigenvalue weighted by Gasteiger charge is -2.45. The third kappa shape index (κ3) is 6.92. The third-order valence-electron chi connectivity index (χ3n) is 6.65. The van der Waals surface area contributed by atoms with Crippen LogP contribution >= 0.6 is 0 Å². The molecule has 39 heavy (non-hydrogen) atoms. The Labute approximate surface area is 224 Å². The molecule has 0 unspecified atom stereocenters. The van der Waals surface area contributed by atoms with Gasteiger partial charge in [0.25, 0.3) is 0 Å². The maximum absolute atomic E-state index is 12.6. The second-order valence-electron chi connectivity index (χ2n) is 9.42. The minimum atomic E-state index is -1.51. The molecule has 0 amide bonds. The van der Waals surface area contributed by atoms with Gasteiger partial charge in [0.2, 0.25) is 12.6 Å². The van der Waals surface area contributed by atoms with Gasteiger partial charge in [0.1, 0.15) is 18.5 Å². The lowest BCUT2D eigenvalue weighted by atomic mass is 9.83. The summed E-state index contributed by atoms with van der Waals surface area (Å²) in [7, 11) is 1.21. The molecule has 0 N–H and O–H groups in total. The van der Waals surface area contributed by atoms with Crippen molar-refractivity contribution in [3.8, 4) is 0 Å². The summed E-state index contributed by atoms with van der Waals surface area (Å²) >= 11 is 0. The monoisotopic (exact) mass is 556 g/mol. The van der Waals surface area contributed by atoms with Crippen LogP contribution in [0.4, 0.5) is 0 Å². The minimum absolute atomic E-state index is 0.0502. The molecule has 0 aromatic rings. The number of carbonyl (C=O) groups is 6. The number of rotatable bonds is 8. The summed E-state index contributed by atoms with van der Waals surface area (Å²) in [6, 6.07) is 0. The third-order valence-corrected chi connectivity index (χ3v) is 6.65. The molecule has 2 aliphatic heterocycles. The summed E-state index contributed by atoms with van der Waals surface area (Å²) < 4.78 is 43.8. The van der Waals surface area contributed by atoms with Crippen molar-refractivity contribution in [2.45, 2.75) is 78.0 Å². The average molecular weight is 557 g/mol. The SMILES string of the molecule is COC(=O)C1=CO[C@@H](O[C@@H]2O[C@H](COC(C)=O)[C@@H](OC(C)=O)[C@H](OC(C)=O)[C@H]2OC(C)=O)[C@@H]2[C@H](C)C(=O)C[C@H]12. The standard InChI is InChI=1S/C25H32O14/c1-10-17(30)7-15-16(23(31)32-6)8-34-24(19(10)15)39-25-22(37-14(5)29)21(36-13(4)28)20(35-12(3)27)18(38-25)9-33-11(2)26/h8,10,15,18-22,24-25H,7,9H2,1-6H3/t10-,15-,18-,19-,20-,21+,22-,24+,25+/m1/s1. The Hall–Kier alpha value is -3.52. The van der Waals surface area contributed by atoms with Crippen molar-refractivity contribution in [2.75, 3.05) is 13.7 Å². The lowest BCUT2D eigenvalue weighted by Crippen LogP contribution is -2.63. The molecule has 0 aromatic carbocycles. The van der Waals surface area contributed by atoms with Crippen LogP contribution < -0.4 is 0 Å². The van der Waals surface area contributed by atoms with E-state index >= 15 is 0 Å². The maximum Gasteiger partial charge on any atom is 0.337 e. The van der Waals surface area contributed by atoms with E-state index in [1.54, 1.807) is 6.92 Å². The summed E-state index contributed by atoms with van der Waals surface area (Å²) in [5.41, 5.74) is 0.168. The van der Waals surface area contributed by atoms with E-state index in [4.69, 9.17) is 37.9 Å². The van der Waals surface area contributed by atoms with E-state index in [-0.39, 0.29) is 17.8 Å². The molecule has 1 aliphatic carbocycles. The number of fused-ring (bicyclic) bond motifs is 1. The Morgan fingerprint density at radius 1 is 0.872 bits per heavy atom. The van der Waals surface area contributed by atoms with Crippen molar-refractivity contribution in [1.29, 1.82) is 0 Å². The molecule has 0 spiro atoms. The number of esters is 5. The molecule has 3 aliphatic rings. The second kappa shape index (κ2) is 12.6. The Balaban J connectivity index is 2.00. The smallest absolute Gasteiger partial charge is 0.337 e. The van der Waals surface area contributed by atoms with E-state index in [0.717, 1.165) is 34.0 Å². The van der Waals surface area contributed by atoms with E-state index in [1.807, 2.05) is 0 Å². The summed E-state index contributed by atoms with van der Waals surface area (Å²) in [6.07, 6.45) is -6.96. The highest BCUT2D eigenvalue weighted by Gasteiger charge is 2.56. The molecule has 14 nitrogen and oxygen atoms in total. The van der Waals surface area contributed by atoms with Gasteiger partial charge in [-0.2, -0.15) is 0 Å². The molecule has 2 heterocycles. The highest BCUT2D eigenvalue weighted by Crippen LogP contribution is 2.46. The summed E-state index contributed by atoms with van der Waals surface area (Å²) in [6.45, 7) is 5.70. The first-order valence-electron chi connectivity index (χ1n) is 12.3. The first-order valence-corrected chi connectivity index (χ1v) is 12.3. The van der Waals surface area contributed by atoms with E-state index in [2.05, 4.69) is 0 Å². The average Bonchev–Trinajstić information content (AvgIpc) is 3.14. The molecule has 0 aromatic heterocycles. The number of Topliss-reactive ketones (excluding diaryl/α,β-unsaturated/α-hetero) is 1. The fraction of sp³-hybridized carbons (Fsp3) is 0.680. The number of methoxy groups -OCH3 is 1. The van der Waals surface area contributed by atoms with Crippen LogP contribution in [-0.2, 0) is 66.7 Å². The molecule has 9 atom stereocenters. The molecule has 1 saturated heterocycles. The summed E-state index contributed by atoms with van der Waals surface area (Å²) in [4.78, 5) is 72.4. The van der Waals surface area contributed by atoms with Crippen molar-refractivity contribution in [3.63, 3.8) is 0 Å². The van der Waals surface area contributed by atoms with Gasteiger partial charge in [0, 0.05) is 51.9 Å². The highest BCUT2D eigenvalue weighted by atomic mass is 16.8. The van der Waals surface area contributed by atoms with Gasteiger partial charge in [-0.3, -0.25) is 24.0 Å². The number of ketones is 1. The van der Waals surface area contributed by atoms with Crippen LogP contribution in [0, 0.1) is 17.8 Å². The zero-order valence-corrected chi connectivity index (χ0v) is 22.4. The second-order valence-corrected chi connectivity index (χ2v) is 9.42. The van der Waals surface area contributed by atoms with Gasteiger partial charge in [-0.05, 0) is 0 Å². The lowest BCUT2D eigenvalue weighted by molar-refractivity contribution is -0.344. The van der Waals surface area contributed by atoms with Crippen molar-refractivity contribution in [2.24, 2.45) is 17.8 Å². The first-order chi connectivity index (χ1) is 18.3. The van der Waals surface area contributed by atoms with Gasteiger partial charge in [-0.15, -0.1) is 0 Å². The topological polar surface area (TPSA) is 176 Å². The normalized spacial score (nSPS) is 33.5. The molecule has 216 valence electrons. The Morgan fingerprint density at radius 2 is 1.46 bits per heavy atom. The van der Waals surface area contributed by atoms with Crippen LogP contribution in [0.2, 0.25) is 0 Å². The predicted octanol–water partition coefficient (Wildman–Crippen LogP) is 0.341. The zero-order chi connectivity index (χ0) is 29.0. The molecular formula is C25H32O14. The Kier molecular flexibility index (Phi) is 9.67.